The van der Waals surface area contributed by atoms with Gasteiger partial charge in [0.25, 0.3) is 5.91 Å². The number of phenols is 1. The van der Waals surface area contributed by atoms with Gasteiger partial charge in [-0.15, -0.1) is 0 Å². The summed E-state index contributed by atoms with van der Waals surface area (Å²) in [5.41, 5.74) is 4.12. The van der Waals surface area contributed by atoms with Crippen LogP contribution in [0, 0.1) is 10.1 Å². The van der Waals surface area contributed by atoms with E-state index in [9.17, 15) is 20.0 Å². The molecule has 0 aromatic heterocycles. The van der Waals surface area contributed by atoms with Crippen LogP contribution in [-0.2, 0) is 0 Å². The molecule has 0 bridgehead atoms. The largest absolute Gasteiger partial charge is 0.504 e. The topological polar surface area (TPSA) is 125 Å². The molecule has 8 heteroatoms. The van der Waals surface area contributed by atoms with Gasteiger partial charge in [-0.25, -0.2) is 0 Å². The van der Waals surface area contributed by atoms with Gasteiger partial charge < -0.3 is 20.3 Å². The molecule has 0 atom stereocenters. The van der Waals surface area contributed by atoms with E-state index >= 15 is 0 Å². The highest BCUT2D eigenvalue weighted by Gasteiger charge is 2.29. The molecule has 0 aliphatic rings. The molecule has 0 aliphatic heterocycles. The molecule has 0 spiro atoms. The molecular formula is C9H10N2O6. The van der Waals surface area contributed by atoms with E-state index in [1.807, 2.05) is 0 Å². The summed E-state index contributed by atoms with van der Waals surface area (Å²) in [6.07, 6.45) is 0. The number of aromatic hydroxyl groups is 1. The van der Waals surface area contributed by atoms with Gasteiger partial charge in [0.2, 0.25) is 11.5 Å². The third kappa shape index (κ3) is 2.05. The van der Waals surface area contributed by atoms with E-state index in [1.54, 1.807) is 0 Å². The minimum absolute atomic E-state index is 0.224. The van der Waals surface area contributed by atoms with Crippen molar-refractivity contribution in [3.8, 4) is 17.2 Å². The lowest BCUT2D eigenvalue weighted by molar-refractivity contribution is -0.386. The number of hydrogen-bond acceptors (Lipinski definition) is 6. The quantitative estimate of drug-likeness (QED) is 0.582. The summed E-state index contributed by atoms with van der Waals surface area (Å²) in [4.78, 5) is 21.0. The Balaban J connectivity index is 3.67. The van der Waals surface area contributed by atoms with Crippen molar-refractivity contribution in [1.29, 1.82) is 0 Å². The summed E-state index contributed by atoms with van der Waals surface area (Å²) >= 11 is 0. The number of benzene rings is 1. The van der Waals surface area contributed by atoms with E-state index in [4.69, 9.17) is 15.2 Å². The van der Waals surface area contributed by atoms with Crippen LogP contribution in [-0.4, -0.2) is 30.2 Å². The second-order valence-corrected chi connectivity index (χ2v) is 2.98. The predicted octanol–water partition coefficient (Wildman–Crippen LogP) is 0.416. The number of primary amides is 1. The fourth-order valence-electron chi connectivity index (χ4n) is 1.32. The first-order valence-corrected chi connectivity index (χ1v) is 4.36. The van der Waals surface area contributed by atoms with Crippen LogP contribution < -0.4 is 15.2 Å². The molecule has 0 radical (unpaired) electrons. The van der Waals surface area contributed by atoms with Crippen molar-refractivity contribution < 1.29 is 24.3 Å². The van der Waals surface area contributed by atoms with Gasteiger partial charge in [0, 0.05) is 6.07 Å². The van der Waals surface area contributed by atoms with Crippen LogP contribution in [0.4, 0.5) is 5.69 Å². The minimum Gasteiger partial charge on any atom is -0.504 e. The van der Waals surface area contributed by atoms with Gasteiger partial charge in [-0.1, -0.05) is 0 Å². The van der Waals surface area contributed by atoms with Gasteiger partial charge in [-0.05, 0) is 0 Å². The van der Waals surface area contributed by atoms with Crippen LogP contribution >= 0.6 is 0 Å². The maximum atomic E-state index is 11.0. The zero-order valence-electron chi connectivity index (χ0n) is 9.09. The highest BCUT2D eigenvalue weighted by Crippen LogP contribution is 2.45. The van der Waals surface area contributed by atoms with Crippen molar-refractivity contribution in [2.24, 2.45) is 5.73 Å². The molecule has 17 heavy (non-hydrogen) atoms. The maximum absolute atomic E-state index is 11.0. The highest BCUT2D eigenvalue weighted by molar-refractivity contribution is 5.98. The third-order valence-corrected chi connectivity index (χ3v) is 2.07. The minimum atomic E-state index is -0.950. The molecule has 0 saturated heterocycles. The standard InChI is InChI=1S/C9H10N2O6/c1-16-5-3-4(9(10)13)7(12)8(17-2)6(5)11(14)15/h3,12H,1-2H3,(H2,10,13). The Hall–Kier alpha value is -2.51. The summed E-state index contributed by atoms with van der Waals surface area (Å²) < 4.78 is 9.45. The monoisotopic (exact) mass is 242 g/mol. The molecule has 0 heterocycles. The fourth-order valence-corrected chi connectivity index (χ4v) is 1.32. The second-order valence-electron chi connectivity index (χ2n) is 2.98. The molecule has 92 valence electrons. The van der Waals surface area contributed by atoms with Gasteiger partial charge in [0.1, 0.15) is 0 Å². The number of nitrogens with zero attached hydrogens (tertiary/aromatic N) is 1. The number of nitrogens with two attached hydrogens (primary N) is 1. The smallest absolute Gasteiger partial charge is 0.356 e. The van der Waals surface area contributed by atoms with Crippen molar-refractivity contribution in [2.45, 2.75) is 0 Å². The second kappa shape index (κ2) is 4.56. The molecule has 1 amide bonds. The van der Waals surface area contributed by atoms with Gasteiger partial charge >= 0.3 is 5.69 Å². The summed E-state index contributed by atoms with van der Waals surface area (Å²) in [7, 11) is 2.30. The van der Waals surface area contributed by atoms with Crippen molar-refractivity contribution in [3.63, 3.8) is 0 Å². The van der Waals surface area contributed by atoms with E-state index in [2.05, 4.69) is 0 Å². The molecular weight excluding hydrogens is 232 g/mol. The normalized spacial score (nSPS) is 9.76. The number of hydrogen-bond donors (Lipinski definition) is 2. The summed E-state index contributed by atoms with van der Waals surface area (Å²) in [6.45, 7) is 0. The number of amides is 1. The Bertz CT molecular complexity index is 485. The number of methoxy groups -OCH3 is 2. The van der Waals surface area contributed by atoms with E-state index in [0.29, 0.717) is 0 Å². The lowest BCUT2D eigenvalue weighted by atomic mass is 10.1. The predicted molar refractivity (Wildman–Crippen MR) is 56.4 cm³/mol. The Morgan fingerprint density at radius 1 is 1.47 bits per heavy atom. The summed E-state index contributed by atoms with van der Waals surface area (Å²) in [5, 5.41) is 20.4. The molecule has 1 aromatic rings. The molecule has 0 aliphatic carbocycles. The number of nitro benzene ring substituents is 1. The van der Waals surface area contributed by atoms with Crippen LogP contribution in [0.2, 0.25) is 0 Å². The zero-order valence-corrected chi connectivity index (χ0v) is 9.09. The summed E-state index contributed by atoms with van der Waals surface area (Å²) in [5.74, 6) is -2.33. The molecule has 8 nitrogen and oxygen atoms in total. The van der Waals surface area contributed by atoms with E-state index in [1.165, 1.54) is 7.11 Å². The molecule has 1 rings (SSSR count). The molecule has 0 fully saturated rings. The number of nitro groups is 1. The van der Waals surface area contributed by atoms with Crippen molar-refractivity contribution in [2.75, 3.05) is 14.2 Å². The Morgan fingerprint density at radius 3 is 2.41 bits per heavy atom. The number of rotatable bonds is 4. The lowest BCUT2D eigenvalue weighted by Crippen LogP contribution is -2.12. The van der Waals surface area contributed by atoms with Gasteiger partial charge in [-0.2, -0.15) is 0 Å². The first-order valence-electron chi connectivity index (χ1n) is 4.36. The zero-order chi connectivity index (χ0) is 13.2. The van der Waals surface area contributed by atoms with Gasteiger partial charge in [0.05, 0.1) is 24.7 Å². The van der Waals surface area contributed by atoms with Crippen LogP contribution in [0.5, 0.6) is 17.2 Å². The van der Waals surface area contributed by atoms with Crippen LogP contribution in [0.3, 0.4) is 0 Å². The van der Waals surface area contributed by atoms with Crippen LogP contribution in [0.15, 0.2) is 6.07 Å². The third-order valence-electron chi connectivity index (χ3n) is 2.07. The molecule has 0 saturated carbocycles. The SMILES string of the molecule is COc1cc(C(N)=O)c(O)c(OC)c1[N+](=O)[O-]. The van der Waals surface area contributed by atoms with Crippen molar-refractivity contribution >= 4 is 11.6 Å². The van der Waals surface area contributed by atoms with Crippen LogP contribution in [0.1, 0.15) is 10.4 Å². The molecule has 3 N–H and O–H groups in total. The van der Waals surface area contributed by atoms with Crippen molar-refractivity contribution in [3.05, 3.63) is 21.7 Å². The van der Waals surface area contributed by atoms with E-state index in [-0.39, 0.29) is 11.3 Å². The Labute approximate surface area is 95.7 Å². The number of carbonyl (C=O) groups excluding carboxylic acids is 1. The molecule has 0 unspecified atom stereocenters. The average molecular weight is 242 g/mol. The number of ether oxygens (including phenoxy) is 2. The highest BCUT2D eigenvalue weighted by atomic mass is 16.6. The maximum Gasteiger partial charge on any atom is 0.356 e. The van der Waals surface area contributed by atoms with E-state index < -0.39 is 28.0 Å². The van der Waals surface area contributed by atoms with Crippen molar-refractivity contribution in [1.82, 2.24) is 0 Å². The Kier molecular flexibility index (Phi) is 3.37. The lowest BCUT2D eigenvalue weighted by Gasteiger charge is -2.10. The first kappa shape index (κ1) is 12.6. The van der Waals surface area contributed by atoms with Gasteiger partial charge in [-0.3, -0.25) is 14.9 Å². The molecule has 1 aromatic carbocycles. The Morgan fingerprint density at radius 2 is 2.06 bits per heavy atom. The van der Waals surface area contributed by atoms with Gasteiger partial charge in [0.15, 0.2) is 5.75 Å². The first-order chi connectivity index (χ1) is 7.93. The summed E-state index contributed by atoms with van der Waals surface area (Å²) in [6, 6.07) is 0.984. The van der Waals surface area contributed by atoms with Crippen LogP contribution in [0.25, 0.3) is 0 Å². The fraction of sp³-hybridized carbons (Fsp3) is 0.222. The number of carbonyl (C=O) groups is 1. The average Bonchev–Trinajstić information content (AvgIpc) is 2.27. The van der Waals surface area contributed by atoms with E-state index in [0.717, 1.165) is 13.2 Å².